The predicted molar refractivity (Wildman–Crippen MR) is 112 cm³/mol. The minimum Gasteiger partial charge on any atom is -0.426 e. The highest BCUT2D eigenvalue weighted by Crippen LogP contribution is 2.36. The molecule has 0 amide bonds. The number of carbonyl (C=O) groups excluding carboxylic acids is 1. The van der Waals surface area contributed by atoms with Crippen LogP contribution in [0.15, 0.2) is 48.7 Å². The van der Waals surface area contributed by atoms with E-state index in [9.17, 15) is 4.79 Å². The first kappa shape index (κ1) is 18.1. The van der Waals surface area contributed by atoms with E-state index in [2.05, 4.69) is 46.2 Å². The van der Waals surface area contributed by atoms with Gasteiger partial charge in [0.05, 0.1) is 22.9 Å². The van der Waals surface area contributed by atoms with E-state index in [0.29, 0.717) is 29.9 Å². The highest BCUT2D eigenvalue weighted by atomic mass is 16.5. The fourth-order valence-corrected chi connectivity index (χ4v) is 4.39. The summed E-state index contributed by atoms with van der Waals surface area (Å²) in [5.74, 6) is -0.0256. The molecule has 0 radical (unpaired) electrons. The molecule has 1 saturated heterocycles. The van der Waals surface area contributed by atoms with Crippen molar-refractivity contribution < 1.29 is 9.53 Å². The van der Waals surface area contributed by atoms with Crippen LogP contribution in [-0.2, 0) is 11.2 Å². The summed E-state index contributed by atoms with van der Waals surface area (Å²) >= 11 is 0. The van der Waals surface area contributed by atoms with E-state index in [1.54, 1.807) is 6.20 Å². The molecular formula is C23H24N4O2. The van der Waals surface area contributed by atoms with Crippen molar-refractivity contribution in [3.63, 3.8) is 0 Å². The molecule has 3 atom stereocenters. The van der Waals surface area contributed by atoms with Gasteiger partial charge in [-0.1, -0.05) is 18.2 Å². The van der Waals surface area contributed by atoms with Crippen LogP contribution in [0.1, 0.15) is 31.0 Å². The maximum absolute atomic E-state index is 12.8. The average Bonchev–Trinajstić information content (AvgIpc) is 2.72. The van der Waals surface area contributed by atoms with E-state index in [1.807, 2.05) is 30.3 Å². The molecule has 2 aliphatic rings. The lowest BCUT2D eigenvalue weighted by Crippen LogP contribution is -2.54. The van der Waals surface area contributed by atoms with Crippen molar-refractivity contribution in [3.8, 4) is 5.75 Å². The number of ether oxygens (including phenoxy) is 1. The number of hydrogen-bond acceptors (Lipinski definition) is 6. The number of carbonyl (C=O) groups is 1. The van der Waals surface area contributed by atoms with Crippen molar-refractivity contribution in [2.45, 2.75) is 38.3 Å². The Balaban J connectivity index is 1.42. The average molecular weight is 388 g/mol. The number of esters is 1. The van der Waals surface area contributed by atoms with E-state index in [0.717, 1.165) is 35.4 Å². The minimum atomic E-state index is -0.426. The molecule has 0 spiro atoms. The van der Waals surface area contributed by atoms with Crippen molar-refractivity contribution in [2.24, 2.45) is 0 Å². The highest BCUT2D eigenvalue weighted by Gasteiger charge is 2.32. The molecule has 0 aliphatic carbocycles. The molecule has 2 aliphatic heterocycles. The van der Waals surface area contributed by atoms with Gasteiger partial charge in [-0.25, -0.2) is 4.98 Å². The molecule has 1 fully saturated rings. The largest absolute Gasteiger partial charge is 0.426 e. The summed E-state index contributed by atoms with van der Waals surface area (Å²) < 4.78 is 5.75. The summed E-state index contributed by atoms with van der Waals surface area (Å²) in [6.07, 6.45) is 2.27. The van der Waals surface area contributed by atoms with Crippen LogP contribution in [0, 0.1) is 0 Å². The monoisotopic (exact) mass is 388 g/mol. The first-order valence-electron chi connectivity index (χ1n) is 10.1. The van der Waals surface area contributed by atoms with Crippen LogP contribution in [0.2, 0.25) is 0 Å². The van der Waals surface area contributed by atoms with Gasteiger partial charge in [0.25, 0.3) is 0 Å². The SMILES string of the molecule is C[C@@H]1CN(c2ccc3c(c2)OC(=O)C(c2cnc4ccccc4n2)C3)C[C@H](C)N1. The zero-order valence-corrected chi connectivity index (χ0v) is 16.6. The Kier molecular flexibility index (Phi) is 4.43. The topological polar surface area (TPSA) is 67.3 Å². The minimum absolute atomic E-state index is 0.263. The number of nitrogens with zero attached hydrogens (tertiary/aromatic N) is 3. The van der Waals surface area contributed by atoms with Gasteiger partial charge < -0.3 is 15.0 Å². The number of anilines is 1. The van der Waals surface area contributed by atoms with Crippen LogP contribution >= 0.6 is 0 Å². The van der Waals surface area contributed by atoms with Gasteiger partial charge in [-0.3, -0.25) is 9.78 Å². The number of nitrogens with one attached hydrogen (secondary N) is 1. The summed E-state index contributed by atoms with van der Waals surface area (Å²) in [5.41, 5.74) is 4.41. The Bertz CT molecular complexity index is 1070. The number of benzene rings is 2. The van der Waals surface area contributed by atoms with Crippen LogP contribution in [0.4, 0.5) is 5.69 Å². The molecule has 5 rings (SSSR count). The fourth-order valence-electron chi connectivity index (χ4n) is 4.39. The van der Waals surface area contributed by atoms with Crippen molar-refractivity contribution >= 4 is 22.7 Å². The van der Waals surface area contributed by atoms with E-state index in [-0.39, 0.29) is 5.97 Å². The Morgan fingerprint density at radius 3 is 2.62 bits per heavy atom. The molecule has 6 heteroatoms. The maximum atomic E-state index is 12.8. The third-order valence-electron chi connectivity index (χ3n) is 5.72. The molecule has 148 valence electrons. The highest BCUT2D eigenvalue weighted by molar-refractivity contribution is 5.84. The summed E-state index contributed by atoms with van der Waals surface area (Å²) in [5, 5.41) is 3.54. The third kappa shape index (κ3) is 3.44. The van der Waals surface area contributed by atoms with Crippen molar-refractivity contribution in [3.05, 3.63) is 59.9 Å². The normalized spacial score (nSPS) is 24.3. The summed E-state index contributed by atoms with van der Waals surface area (Å²) in [7, 11) is 0. The number of para-hydroxylation sites is 2. The second kappa shape index (κ2) is 7.12. The summed E-state index contributed by atoms with van der Waals surface area (Å²) in [6, 6.07) is 14.7. The molecule has 3 heterocycles. The quantitative estimate of drug-likeness (QED) is 0.538. The summed E-state index contributed by atoms with van der Waals surface area (Å²) in [4.78, 5) is 24.2. The first-order valence-corrected chi connectivity index (χ1v) is 10.1. The van der Waals surface area contributed by atoms with Crippen molar-refractivity contribution in [1.29, 1.82) is 0 Å². The molecule has 1 N–H and O–H groups in total. The molecule has 3 aromatic rings. The molecule has 0 saturated carbocycles. The number of fused-ring (bicyclic) bond motifs is 2. The predicted octanol–water partition coefficient (Wildman–Crippen LogP) is 3.06. The van der Waals surface area contributed by atoms with Gasteiger partial charge in [0, 0.05) is 36.9 Å². The standard InChI is InChI=1S/C23H24N4O2/c1-14-12-27(13-15(2)25-14)17-8-7-16-9-18(23(28)29-22(16)10-17)21-11-24-19-5-3-4-6-20(19)26-21/h3-8,10-11,14-15,18,25H,9,12-13H2,1-2H3/t14-,15+,18?. The zero-order valence-electron chi connectivity index (χ0n) is 16.6. The lowest BCUT2D eigenvalue weighted by molar-refractivity contribution is -0.137. The molecule has 2 aromatic carbocycles. The van der Waals surface area contributed by atoms with Crippen LogP contribution in [-0.4, -0.2) is 41.1 Å². The first-order chi connectivity index (χ1) is 14.1. The van der Waals surface area contributed by atoms with E-state index < -0.39 is 5.92 Å². The molecule has 1 unspecified atom stereocenters. The van der Waals surface area contributed by atoms with E-state index in [4.69, 9.17) is 4.74 Å². The lowest BCUT2D eigenvalue weighted by atomic mass is 9.93. The number of aromatic nitrogens is 2. The zero-order chi connectivity index (χ0) is 20.0. The second-order valence-electron chi connectivity index (χ2n) is 8.13. The lowest BCUT2D eigenvalue weighted by Gasteiger charge is -2.38. The van der Waals surface area contributed by atoms with Crippen LogP contribution in [0.3, 0.4) is 0 Å². The molecule has 6 nitrogen and oxygen atoms in total. The second-order valence-corrected chi connectivity index (χ2v) is 8.13. The van der Waals surface area contributed by atoms with Crippen LogP contribution in [0.25, 0.3) is 11.0 Å². The number of piperazine rings is 1. The van der Waals surface area contributed by atoms with E-state index >= 15 is 0 Å². The van der Waals surface area contributed by atoms with E-state index in [1.165, 1.54) is 0 Å². The number of hydrogen-bond donors (Lipinski definition) is 1. The van der Waals surface area contributed by atoms with Gasteiger partial charge in [0.15, 0.2) is 0 Å². The Morgan fingerprint density at radius 2 is 1.83 bits per heavy atom. The number of rotatable bonds is 2. The maximum Gasteiger partial charge on any atom is 0.320 e. The molecule has 1 aromatic heterocycles. The molecule has 0 bridgehead atoms. The van der Waals surface area contributed by atoms with Gasteiger partial charge in [-0.05, 0) is 44.0 Å². The fraction of sp³-hybridized carbons (Fsp3) is 0.348. The molecule has 29 heavy (non-hydrogen) atoms. The van der Waals surface area contributed by atoms with Crippen LogP contribution in [0.5, 0.6) is 5.75 Å². The van der Waals surface area contributed by atoms with Gasteiger partial charge in [0.2, 0.25) is 0 Å². The Hall–Kier alpha value is -2.99. The van der Waals surface area contributed by atoms with Crippen molar-refractivity contribution in [2.75, 3.05) is 18.0 Å². The summed E-state index contributed by atoms with van der Waals surface area (Å²) in [6.45, 7) is 6.26. The molecular weight excluding hydrogens is 364 g/mol. The Morgan fingerprint density at radius 1 is 1.07 bits per heavy atom. The van der Waals surface area contributed by atoms with Crippen LogP contribution < -0.4 is 15.0 Å². The van der Waals surface area contributed by atoms with Crippen molar-refractivity contribution in [1.82, 2.24) is 15.3 Å². The van der Waals surface area contributed by atoms with Gasteiger partial charge >= 0.3 is 5.97 Å². The van der Waals surface area contributed by atoms with Gasteiger partial charge in [-0.15, -0.1) is 0 Å². The van der Waals surface area contributed by atoms with Gasteiger partial charge in [-0.2, -0.15) is 0 Å². The third-order valence-corrected chi connectivity index (χ3v) is 5.72. The van der Waals surface area contributed by atoms with Gasteiger partial charge in [0.1, 0.15) is 11.7 Å². The Labute approximate surface area is 169 Å². The smallest absolute Gasteiger partial charge is 0.320 e.